The minimum atomic E-state index is -1.72. The molecule has 1 saturated carbocycles. The topological polar surface area (TPSA) is 69.6 Å². The molecule has 0 spiro atoms. The molecule has 1 radical (unpaired) electrons. The second-order valence-electron chi connectivity index (χ2n) is 19.7. The third-order valence-corrected chi connectivity index (χ3v) is 17.2. The molecular formula is C58H55GeIrN5O-2. The molecule has 0 unspecified atom stereocenters. The molecule has 1 aliphatic rings. The van der Waals surface area contributed by atoms with Gasteiger partial charge in [0.2, 0.25) is 5.71 Å². The van der Waals surface area contributed by atoms with Crippen LogP contribution in [0.4, 0.5) is 0 Å². The van der Waals surface area contributed by atoms with Crippen molar-refractivity contribution in [1.29, 1.82) is 0 Å². The summed E-state index contributed by atoms with van der Waals surface area (Å²) in [5.74, 6) is 8.41. The maximum Gasteiger partial charge on any atom is 0 e. The zero-order chi connectivity index (χ0) is 44.9. The van der Waals surface area contributed by atoms with Crippen molar-refractivity contribution in [3.05, 3.63) is 169 Å². The molecule has 5 heterocycles. The van der Waals surface area contributed by atoms with E-state index < -0.39 is 13.3 Å². The van der Waals surface area contributed by atoms with Crippen molar-refractivity contribution in [3.63, 3.8) is 0 Å². The van der Waals surface area contributed by atoms with E-state index in [1.807, 2.05) is 43.5 Å². The summed E-state index contributed by atoms with van der Waals surface area (Å²) in [7, 11) is 0. The van der Waals surface area contributed by atoms with Gasteiger partial charge in [0.15, 0.2) is 0 Å². The molecule has 6 nitrogen and oxygen atoms in total. The van der Waals surface area contributed by atoms with E-state index in [9.17, 15) is 0 Å². The Morgan fingerprint density at radius 3 is 2.24 bits per heavy atom. The van der Waals surface area contributed by atoms with Gasteiger partial charge in [0.1, 0.15) is 0 Å². The van der Waals surface area contributed by atoms with Crippen LogP contribution in [0.25, 0.3) is 83.5 Å². The van der Waals surface area contributed by atoms with E-state index in [1.54, 1.807) is 0 Å². The first kappa shape index (κ1) is 45.4. The molecule has 5 aromatic carbocycles. The van der Waals surface area contributed by atoms with Crippen LogP contribution in [0.2, 0.25) is 17.3 Å². The molecule has 1 aliphatic carbocycles. The van der Waals surface area contributed by atoms with Crippen LogP contribution in [0.3, 0.4) is 0 Å². The predicted molar refractivity (Wildman–Crippen MR) is 272 cm³/mol. The van der Waals surface area contributed by atoms with Crippen molar-refractivity contribution in [2.24, 2.45) is 0 Å². The van der Waals surface area contributed by atoms with Gasteiger partial charge in [-0.3, -0.25) is 9.97 Å². The van der Waals surface area contributed by atoms with Gasteiger partial charge in [-0.2, -0.15) is 0 Å². The SMILES string of the molecule is Cc1ccc2ccc3nc(-c4[c-]ccc5c4oc4nc(C6CCCCC6)ccc45)n(-c4ccc(C(C)(C)C)cc4-c4ccccc4)c3c2n1.[CH3][Ge]([CH3])([CH3])[c]1ccc(-c2[c-]cccc2)nc1.[Ir]. The van der Waals surface area contributed by atoms with Gasteiger partial charge in [0, 0.05) is 59.4 Å². The van der Waals surface area contributed by atoms with E-state index in [0.717, 1.165) is 89.1 Å². The first-order valence-corrected chi connectivity index (χ1v) is 30.4. The molecular weight excluding hydrogens is 1050 g/mol. The predicted octanol–water partition coefficient (Wildman–Crippen LogP) is 14.7. The smallest absolute Gasteiger partial charge is 0 e. The number of aromatic nitrogens is 5. The molecule has 0 saturated heterocycles. The Kier molecular flexibility index (Phi) is 12.7. The molecule has 0 amide bonds. The standard InChI is InChI=1S/C44H39N4O.C14H16GeN.Ir/c1-27-18-19-30-20-23-37-40(39(30)45-27)48(38-25-21-31(44(2,3)4)26-35(38)28-12-7-5-8-13-28)42(46-37)34-17-11-16-32-33-22-24-36(29-14-9-6-10-15-29)47-43(33)49-41(32)34;1-15(2,3)13-9-10-14(16-11-13)12-7-5-4-6-8-12;/h5,7-8,11-13,16,18-26,29H,6,9-10,14-15H2,1-4H3;4-7,9-11H,1-3H3;/q2*-1;. The number of rotatable bonds is 6. The quantitative estimate of drug-likeness (QED) is 0.123. The molecule has 0 bridgehead atoms. The van der Waals surface area contributed by atoms with E-state index in [-0.39, 0.29) is 25.5 Å². The van der Waals surface area contributed by atoms with Gasteiger partial charge >= 0.3 is 99.8 Å². The summed E-state index contributed by atoms with van der Waals surface area (Å²) < 4.78 is 10.5. The maximum atomic E-state index is 6.73. The Labute approximate surface area is 404 Å². The Hall–Kier alpha value is -5.73. The van der Waals surface area contributed by atoms with Gasteiger partial charge in [-0.25, -0.2) is 4.98 Å². The Balaban J connectivity index is 0.000000273. The zero-order valence-electron chi connectivity index (χ0n) is 38.9. The van der Waals surface area contributed by atoms with Crippen molar-refractivity contribution < 1.29 is 24.5 Å². The summed E-state index contributed by atoms with van der Waals surface area (Å²) in [5, 5.41) is 3.12. The van der Waals surface area contributed by atoms with E-state index in [2.05, 4.69) is 163 Å². The number of benzene rings is 5. The summed E-state index contributed by atoms with van der Waals surface area (Å²) in [6, 6.07) is 53.5. The molecule has 333 valence electrons. The molecule has 5 aromatic heterocycles. The number of furan rings is 1. The van der Waals surface area contributed by atoms with Crippen LogP contribution in [-0.2, 0) is 25.5 Å². The van der Waals surface area contributed by atoms with Gasteiger partial charge in [-0.05, 0) is 72.7 Å². The third kappa shape index (κ3) is 8.93. The van der Waals surface area contributed by atoms with E-state index >= 15 is 0 Å². The van der Waals surface area contributed by atoms with Crippen molar-refractivity contribution >= 4 is 61.7 Å². The molecule has 1 fully saturated rings. The molecule has 0 aliphatic heterocycles. The van der Waals surface area contributed by atoms with E-state index in [1.165, 1.54) is 42.1 Å². The average Bonchev–Trinajstić information content (AvgIpc) is 3.91. The molecule has 0 N–H and O–H groups in total. The second kappa shape index (κ2) is 18.5. The number of hydrogen-bond acceptors (Lipinski definition) is 5. The third-order valence-electron chi connectivity index (χ3n) is 13.0. The van der Waals surface area contributed by atoms with E-state index in [0.29, 0.717) is 11.6 Å². The molecule has 10 aromatic rings. The van der Waals surface area contributed by atoms with Crippen LogP contribution >= 0.6 is 0 Å². The zero-order valence-corrected chi connectivity index (χ0v) is 43.4. The minimum Gasteiger partial charge on any atom is 0 e. The fourth-order valence-electron chi connectivity index (χ4n) is 9.27. The number of aryl methyl sites for hydroxylation is 1. The van der Waals surface area contributed by atoms with Gasteiger partial charge < -0.3 is 8.98 Å². The number of pyridine rings is 3. The molecule has 66 heavy (non-hydrogen) atoms. The maximum absolute atomic E-state index is 6.73. The first-order valence-electron chi connectivity index (χ1n) is 23.1. The monoisotopic (exact) mass is 1100 g/mol. The molecule has 8 heteroatoms. The fraction of sp³-hybridized carbons (Fsp3) is 0.241. The largest absolute Gasteiger partial charge is 0 e. The summed E-state index contributed by atoms with van der Waals surface area (Å²) in [6.45, 7) is 8.84. The molecule has 0 atom stereocenters. The normalized spacial score (nSPS) is 13.5. The van der Waals surface area contributed by atoms with Crippen LogP contribution in [-0.4, -0.2) is 37.8 Å². The number of imidazole rings is 1. The van der Waals surface area contributed by atoms with Gasteiger partial charge in [0.25, 0.3) is 0 Å². The average molecular weight is 1100 g/mol. The van der Waals surface area contributed by atoms with Crippen molar-refractivity contribution in [2.45, 2.75) is 88.4 Å². The van der Waals surface area contributed by atoms with Gasteiger partial charge in [-0.15, -0.1) is 18.2 Å². The van der Waals surface area contributed by atoms with Crippen molar-refractivity contribution in [2.75, 3.05) is 0 Å². The van der Waals surface area contributed by atoms with E-state index in [4.69, 9.17) is 19.4 Å². The number of hydrogen-bond donors (Lipinski definition) is 0. The van der Waals surface area contributed by atoms with Crippen molar-refractivity contribution in [1.82, 2.24) is 24.5 Å². The molecule has 11 rings (SSSR count). The van der Waals surface area contributed by atoms with Gasteiger partial charge in [-0.1, -0.05) is 99.5 Å². The minimum absolute atomic E-state index is 0. The summed E-state index contributed by atoms with van der Waals surface area (Å²) >= 11 is -1.72. The van der Waals surface area contributed by atoms with Crippen LogP contribution in [0.1, 0.15) is 75.7 Å². The first-order chi connectivity index (χ1) is 31.4. The van der Waals surface area contributed by atoms with Crippen LogP contribution in [0, 0.1) is 19.1 Å². The van der Waals surface area contributed by atoms with Crippen LogP contribution in [0.5, 0.6) is 0 Å². The van der Waals surface area contributed by atoms with Crippen molar-refractivity contribution in [3.8, 4) is 39.5 Å². The Bertz CT molecular complexity index is 3320. The van der Waals surface area contributed by atoms with Crippen LogP contribution in [0.15, 0.2) is 144 Å². The van der Waals surface area contributed by atoms with Gasteiger partial charge in [0.05, 0.1) is 28.0 Å². The summed E-state index contributed by atoms with van der Waals surface area (Å²) in [5.41, 5.74) is 13.8. The summed E-state index contributed by atoms with van der Waals surface area (Å²) in [6.07, 6.45) is 8.28. The Morgan fingerprint density at radius 2 is 1.52 bits per heavy atom. The fourth-order valence-corrected chi connectivity index (χ4v) is 11.4. The summed E-state index contributed by atoms with van der Waals surface area (Å²) in [4.78, 5) is 20.1. The number of nitrogens with zero attached hydrogens (tertiary/aromatic N) is 5. The van der Waals surface area contributed by atoms with Crippen LogP contribution < -0.4 is 4.40 Å². The Morgan fingerprint density at radius 1 is 0.727 bits per heavy atom. The number of fused-ring (bicyclic) bond motifs is 6. The second-order valence-corrected chi connectivity index (χ2v) is 30.3.